The minimum atomic E-state index is -1.23. The quantitative estimate of drug-likeness (QED) is 0.176. The van der Waals surface area contributed by atoms with Crippen molar-refractivity contribution in [1.29, 1.82) is 5.26 Å². The molecule has 0 saturated heterocycles. The number of anilines is 2. The molecule has 0 bridgehead atoms. The zero-order chi connectivity index (χ0) is 26.5. The van der Waals surface area contributed by atoms with Gasteiger partial charge in [-0.2, -0.15) is 5.26 Å². The molecule has 0 amide bonds. The van der Waals surface area contributed by atoms with Crippen LogP contribution in [0.25, 0.3) is 21.7 Å². The number of aryl methyl sites for hydroxylation is 1. The van der Waals surface area contributed by atoms with Gasteiger partial charge in [-0.05, 0) is 59.8 Å². The molecular formula is C33H24N2O2S. The highest BCUT2D eigenvalue weighted by molar-refractivity contribution is 7.19. The van der Waals surface area contributed by atoms with Gasteiger partial charge in [0.05, 0.1) is 0 Å². The van der Waals surface area contributed by atoms with Crippen LogP contribution in [-0.4, -0.2) is 11.1 Å². The molecule has 0 aliphatic heterocycles. The van der Waals surface area contributed by atoms with E-state index in [0.29, 0.717) is 0 Å². The van der Waals surface area contributed by atoms with Gasteiger partial charge in [0.2, 0.25) is 0 Å². The summed E-state index contributed by atoms with van der Waals surface area (Å²) in [5.74, 6) is -1.23. The molecule has 5 heteroatoms. The van der Waals surface area contributed by atoms with Gasteiger partial charge in [-0.3, -0.25) is 0 Å². The summed E-state index contributed by atoms with van der Waals surface area (Å²) in [4.78, 5) is 14.2. The van der Waals surface area contributed by atoms with Crippen molar-refractivity contribution in [2.24, 2.45) is 0 Å². The number of fused-ring (bicyclic) bond motifs is 1. The maximum Gasteiger partial charge on any atom is 0.346 e. The van der Waals surface area contributed by atoms with Gasteiger partial charge >= 0.3 is 5.97 Å². The molecule has 5 aromatic rings. The lowest BCUT2D eigenvalue weighted by Crippen LogP contribution is -2.10. The average molecular weight is 513 g/mol. The molecule has 0 aliphatic carbocycles. The maximum absolute atomic E-state index is 11.3. The van der Waals surface area contributed by atoms with Gasteiger partial charge in [-0.1, -0.05) is 84.4 Å². The highest BCUT2D eigenvalue weighted by atomic mass is 32.1. The molecule has 38 heavy (non-hydrogen) atoms. The molecule has 0 aliphatic rings. The highest BCUT2D eigenvalue weighted by Gasteiger charge is 2.14. The lowest BCUT2D eigenvalue weighted by atomic mass is 9.98. The number of carbonyl (C=O) groups is 1. The topological polar surface area (TPSA) is 64.3 Å². The second-order valence-electron chi connectivity index (χ2n) is 8.83. The standard InChI is InChI=1S/C33H24N2O2S/c1-23-12-15-28(16-13-23)35(22-31(24-8-4-2-5-9-24)25-10-6-3-7-11-25)29-17-14-26-18-30(38-32(26)20-29)19-27(21-34)33(36)37/h2-20,22H,1H3,(H,36,37)/b27-19-. The molecule has 0 saturated carbocycles. The largest absolute Gasteiger partial charge is 0.477 e. The Balaban J connectivity index is 1.67. The second-order valence-corrected chi connectivity index (χ2v) is 9.94. The van der Waals surface area contributed by atoms with E-state index >= 15 is 0 Å². The molecule has 5 rings (SSSR count). The van der Waals surface area contributed by atoms with Crippen LogP contribution >= 0.6 is 11.3 Å². The smallest absolute Gasteiger partial charge is 0.346 e. The second kappa shape index (κ2) is 11.0. The Morgan fingerprint density at radius 1 is 0.842 bits per heavy atom. The van der Waals surface area contributed by atoms with Crippen molar-refractivity contribution in [1.82, 2.24) is 0 Å². The Morgan fingerprint density at radius 2 is 1.45 bits per heavy atom. The predicted octanol–water partition coefficient (Wildman–Crippen LogP) is 8.43. The summed E-state index contributed by atoms with van der Waals surface area (Å²) in [6, 6.07) is 38.9. The first-order valence-electron chi connectivity index (χ1n) is 12.1. The monoisotopic (exact) mass is 512 g/mol. The normalized spacial score (nSPS) is 11.1. The van der Waals surface area contributed by atoms with Crippen LogP contribution in [0, 0.1) is 18.3 Å². The van der Waals surface area contributed by atoms with Gasteiger partial charge in [0.25, 0.3) is 0 Å². The molecule has 4 aromatic carbocycles. The molecule has 0 spiro atoms. The Kier molecular flexibility index (Phi) is 7.17. The SMILES string of the molecule is Cc1ccc(N(C=C(c2ccccc2)c2ccccc2)c2ccc3cc(/C=C(/C#N)C(=O)O)sc3c2)cc1. The third-order valence-corrected chi connectivity index (χ3v) is 7.22. The molecule has 184 valence electrons. The first-order chi connectivity index (χ1) is 18.5. The molecule has 0 unspecified atom stereocenters. The van der Waals surface area contributed by atoms with Crippen LogP contribution in [0.2, 0.25) is 0 Å². The zero-order valence-electron chi connectivity index (χ0n) is 20.7. The van der Waals surface area contributed by atoms with Crippen LogP contribution in [0.15, 0.2) is 121 Å². The Hall–Kier alpha value is -4.92. The lowest BCUT2D eigenvalue weighted by Gasteiger charge is -2.24. The number of carboxylic acids is 1. The summed E-state index contributed by atoms with van der Waals surface area (Å²) >= 11 is 1.46. The summed E-state index contributed by atoms with van der Waals surface area (Å²) in [7, 11) is 0. The van der Waals surface area contributed by atoms with Crippen molar-refractivity contribution in [2.45, 2.75) is 6.92 Å². The Bertz CT molecular complexity index is 1650. The molecule has 0 radical (unpaired) electrons. The average Bonchev–Trinajstić information content (AvgIpc) is 3.35. The molecule has 1 N–H and O–H groups in total. The van der Waals surface area contributed by atoms with Crippen LogP contribution in [0.1, 0.15) is 21.6 Å². The fourth-order valence-corrected chi connectivity index (χ4v) is 5.27. The van der Waals surface area contributed by atoms with Gasteiger partial charge in [0.15, 0.2) is 0 Å². The lowest BCUT2D eigenvalue weighted by molar-refractivity contribution is -0.132. The van der Waals surface area contributed by atoms with E-state index in [1.807, 2.05) is 48.5 Å². The van der Waals surface area contributed by atoms with Crippen LogP contribution in [0.5, 0.6) is 0 Å². The van der Waals surface area contributed by atoms with Gasteiger partial charge in [0.1, 0.15) is 11.6 Å². The van der Waals surface area contributed by atoms with E-state index in [0.717, 1.165) is 43.0 Å². The fraction of sp³-hybridized carbons (Fsp3) is 0.0303. The first-order valence-corrected chi connectivity index (χ1v) is 12.9. The first kappa shape index (κ1) is 24.8. The number of rotatable bonds is 7. The molecule has 4 nitrogen and oxygen atoms in total. The van der Waals surface area contributed by atoms with Gasteiger partial charge in [-0.15, -0.1) is 11.3 Å². The van der Waals surface area contributed by atoms with E-state index in [-0.39, 0.29) is 5.57 Å². The van der Waals surface area contributed by atoms with E-state index in [1.54, 1.807) is 6.07 Å². The van der Waals surface area contributed by atoms with Crippen molar-refractivity contribution in [2.75, 3.05) is 4.90 Å². The fourth-order valence-electron chi connectivity index (χ4n) is 4.23. The van der Waals surface area contributed by atoms with E-state index < -0.39 is 5.97 Å². The number of carboxylic acid groups (broad SMARTS) is 1. The van der Waals surface area contributed by atoms with Crippen molar-refractivity contribution < 1.29 is 9.90 Å². The molecule has 0 fully saturated rings. The van der Waals surface area contributed by atoms with Crippen LogP contribution in [0.4, 0.5) is 11.4 Å². The number of nitriles is 1. The summed E-state index contributed by atoms with van der Waals surface area (Å²) in [6.45, 7) is 2.07. The minimum Gasteiger partial charge on any atom is -0.477 e. The molecule has 1 aromatic heterocycles. The third-order valence-electron chi connectivity index (χ3n) is 6.18. The summed E-state index contributed by atoms with van der Waals surface area (Å²) < 4.78 is 1.00. The van der Waals surface area contributed by atoms with Gasteiger partial charge in [-0.25, -0.2) is 4.79 Å². The van der Waals surface area contributed by atoms with Crippen LogP contribution in [0.3, 0.4) is 0 Å². The third kappa shape index (κ3) is 5.41. The van der Waals surface area contributed by atoms with Crippen molar-refractivity contribution in [3.8, 4) is 6.07 Å². The Labute approximate surface area is 225 Å². The number of thiophene rings is 1. The van der Waals surface area contributed by atoms with Crippen LogP contribution in [-0.2, 0) is 4.79 Å². The van der Waals surface area contributed by atoms with Crippen molar-refractivity contribution in [3.05, 3.63) is 143 Å². The minimum absolute atomic E-state index is 0.281. The van der Waals surface area contributed by atoms with Crippen LogP contribution < -0.4 is 4.90 Å². The molecule has 1 heterocycles. The van der Waals surface area contributed by atoms with Gasteiger partial charge < -0.3 is 10.0 Å². The predicted molar refractivity (Wildman–Crippen MR) is 156 cm³/mol. The summed E-state index contributed by atoms with van der Waals surface area (Å²) in [6.07, 6.45) is 3.59. The van der Waals surface area contributed by atoms with E-state index in [9.17, 15) is 9.90 Å². The number of benzene rings is 4. The van der Waals surface area contributed by atoms with E-state index in [2.05, 4.69) is 78.7 Å². The van der Waals surface area contributed by atoms with Gasteiger partial charge in [0, 0.05) is 32.7 Å². The highest BCUT2D eigenvalue weighted by Crippen LogP contribution is 2.36. The van der Waals surface area contributed by atoms with Crippen molar-refractivity contribution in [3.63, 3.8) is 0 Å². The number of hydrogen-bond donors (Lipinski definition) is 1. The molecular weight excluding hydrogens is 488 g/mol. The molecule has 0 atom stereocenters. The van der Waals surface area contributed by atoms with E-state index in [4.69, 9.17) is 5.26 Å². The number of nitrogens with zero attached hydrogens (tertiary/aromatic N) is 2. The zero-order valence-corrected chi connectivity index (χ0v) is 21.5. The number of aliphatic carboxylic acids is 1. The Morgan fingerprint density at radius 3 is 2.03 bits per heavy atom. The summed E-state index contributed by atoms with van der Waals surface area (Å²) in [5, 5.41) is 19.4. The summed E-state index contributed by atoms with van der Waals surface area (Å²) in [5.41, 5.74) is 6.20. The van der Waals surface area contributed by atoms with Crippen molar-refractivity contribution >= 4 is 50.4 Å². The number of hydrogen-bond acceptors (Lipinski definition) is 4. The maximum atomic E-state index is 11.3. The van der Waals surface area contributed by atoms with E-state index in [1.165, 1.54) is 23.0 Å².